The molecule has 1 heterocycles. The van der Waals surface area contributed by atoms with Crippen molar-refractivity contribution in [1.29, 1.82) is 0 Å². The summed E-state index contributed by atoms with van der Waals surface area (Å²) in [4.78, 5) is 16.8. The summed E-state index contributed by atoms with van der Waals surface area (Å²) in [5.74, 6) is 2.40. The van der Waals surface area contributed by atoms with Crippen LogP contribution in [0.4, 0.5) is 0 Å². The van der Waals surface area contributed by atoms with E-state index in [9.17, 15) is 4.79 Å². The van der Waals surface area contributed by atoms with Crippen molar-refractivity contribution in [2.45, 2.75) is 26.3 Å². The van der Waals surface area contributed by atoms with Gasteiger partial charge in [-0.3, -0.25) is 0 Å². The van der Waals surface area contributed by atoms with Gasteiger partial charge >= 0.3 is 5.69 Å². The van der Waals surface area contributed by atoms with E-state index in [0.717, 1.165) is 17.6 Å². The molecule has 4 nitrogen and oxygen atoms in total. The minimum Gasteiger partial charge on any atom is -0.310 e. The third-order valence-electron chi connectivity index (χ3n) is 3.16. The Labute approximate surface area is 117 Å². The molecule has 0 amide bonds. The molecule has 0 fully saturated rings. The van der Waals surface area contributed by atoms with E-state index < -0.39 is 0 Å². The molecule has 1 aromatic carbocycles. The van der Waals surface area contributed by atoms with E-state index in [4.69, 9.17) is 0 Å². The Morgan fingerprint density at radius 2 is 2.11 bits per heavy atom. The van der Waals surface area contributed by atoms with Crippen LogP contribution in [0, 0.1) is 0 Å². The number of aromatic amines is 2. The molecule has 0 radical (unpaired) electrons. The second kappa shape index (κ2) is 6.82. The first kappa shape index (κ1) is 14.2. The lowest BCUT2D eigenvalue weighted by molar-refractivity contribution is 0.573. The Morgan fingerprint density at radius 1 is 1.32 bits per heavy atom. The predicted molar refractivity (Wildman–Crippen MR) is 83.0 cm³/mol. The highest BCUT2D eigenvalue weighted by atomic mass is 32.2. The van der Waals surface area contributed by atoms with E-state index in [0.29, 0.717) is 6.04 Å². The molecule has 0 spiro atoms. The minimum absolute atomic E-state index is 0.149. The molecule has 1 atom stereocenters. The van der Waals surface area contributed by atoms with Gasteiger partial charge < -0.3 is 15.3 Å². The summed E-state index contributed by atoms with van der Waals surface area (Å²) < 4.78 is 0. The molecular weight excluding hydrogens is 258 g/mol. The number of hydrogen-bond donors (Lipinski definition) is 3. The van der Waals surface area contributed by atoms with Crippen molar-refractivity contribution < 1.29 is 0 Å². The summed E-state index contributed by atoms with van der Waals surface area (Å²) in [6.07, 6.45) is 1.19. The Hall–Kier alpha value is -1.20. The molecule has 19 heavy (non-hydrogen) atoms. The van der Waals surface area contributed by atoms with Crippen LogP contribution in [0.3, 0.4) is 0 Å². The van der Waals surface area contributed by atoms with E-state index in [1.165, 1.54) is 23.5 Å². The van der Waals surface area contributed by atoms with Gasteiger partial charge in [0.2, 0.25) is 0 Å². The Balaban J connectivity index is 1.93. The molecule has 2 rings (SSSR count). The topological polar surface area (TPSA) is 60.7 Å². The SMILES string of the molecule is CCSCCCNC(C)c1ccc2[nH]c(=O)[nH]c2c1. The van der Waals surface area contributed by atoms with Crippen molar-refractivity contribution in [3.05, 3.63) is 34.2 Å². The van der Waals surface area contributed by atoms with Crippen molar-refractivity contribution >= 4 is 22.8 Å². The van der Waals surface area contributed by atoms with Crippen LogP contribution in [-0.2, 0) is 0 Å². The molecule has 2 aromatic rings. The molecule has 0 bridgehead atoms. The normalized spacial score (nSPS) is 12.9. The summed E-state index contributed by atoms with van der Waals surface area (Å²) in [6.45, 7) is 5.36. The smallest absolute Gasteiger partial charge is 0.310 e. The van der Waals surface area contributed by atoms with Gasteiger partial charge in [0.1, 0.15) is 0 Å². The van der Waals surface area contributed by atoms with Gasteiger partial charge in [-0.25, -0.2) is 4.79 Å². The summed E-state index contributed by atoms with van der Waals surface area (Å²) in [5, 5.41) is 3.51. The van der Waals surface area contributed by atoms with Gasteiger partial charge in [-0.05, 0) is 49.1 Å². The quantitative estimate of drug-likeness (QED) is 0.683. The van der Waals surface area contributed by atoms with E-state index in [1.807, 2.05) is 23.9 Å². The van der Waals surface area contributed by atoms with Crippen molar-refractivity contribution in [1.82, 2.24) is 15.3 Å². The maximum absolute atomic E-state index is 11.2. The van der Waals surface area contributed by atoms with Gasteiger partial charge in [-0.2, -0.15) is 11.8 Å². The number of imidazole rings is 1. The molecule has 0 saturated heterocycles. The van der Waals surface area contributed by atoms with Gasteiger partial charge in [-0.15, -0.1) is 0 Å². The van der Waals surface area contributed by atoms with Gasteiger partial charge in [0.15, 0.2) is 0 Å². The highest BCUT2D eigenvalue weighted by Gasteiger charge is 2.06. The average molecular weight is 279 g/mol. The second-order valence-electron chi connectivity index (χ2n) is 4.61. The van der Waals surface area contributed by atoms with Gasteiger partial charge in [0.05, 0.1) is 11.0 Å². The molecule has 0 aliphatic rings. The number of hydrogen-bond acceptors (Lipinski definition) is 3. The molecule has 0 aliphatic carbocycles. The van der Waals surface area contributed by atoms with E-state index in [-0.39, 0.29) is 5.69 Å². The van der Waals surface area contributed by atoms with E-state index in [1.54, 1.807) is 0 Å². The van der Waals surface area contributed by atoms with Crippen LogP contribution < -0.4 is 11.0 Å². The molecule has 0 saturated carbocycles. The van der Waals surface area contributed by atoms with Crippen molar-refractivity contribution in [2.24, 2.45) is 0 Å². The monoisotopic (exact) mass is 279 g/mol. The molecule has 5 heteroatoms. The molecular formula is C14H21N3OS. The number of H-pyrrole nitrogens is 2. The molecule has 3 N–H and O–H groups in total. The molecule has 104 valence electrons. The summed E-state index contributed by atoms with van der Waals surface area (Å²) in [6, 6.07) is 6.35. The molecule has 0 aliphatic heterocycles. The lowest BCUT2D eigenvalue weighted by atomic mass is 10.1. The molecule has 1 aromatic heterocycles. The number of thioether (sulfide) groups is 1. The average Bonchev–Trinajstić information content (AvgIpc) is 2.77. The van der Waals surface area contributed by atoms with E-state index >= 15 is 0 Å². The highest BCUT2D eigenvalue weighted by molar-refractivity contribution is 7.99. The fraction of sp³-hybridized carbons (Fsp3) is 0.500. The first-order chi connectivity index (χ1) is 9.20. The fourth-order valence-corrected chi connectivity index (χ4v) is 2.71. The lowest BCUT2D eigenvalue weighted by Crippen LogP contribution is -2.20. The maximum atomic E-state index is 11.2. The van der Waals surface area contributed by atoms with Crippen LogP contribution in [0.2, 0.25) is 0 Å². The number of rotatable bonds is 7. The van der Waals surface area contributed by atoms with Crippen LogP contribution in [0.25, 0.3) is 11.0 Å². The zero-order chi connectivity index (χ0) is 13.7. The number of aromatic nitrogens is 2. The first-order valence-corrected chi connectivity index (χ1v) is 7.89. The largest absolute Gasteiger partial charge is 0.323 e. The van der Waals surface area contributed by atoms with Crippen LogP contribution in [0.5, 0.6) is 0 Å². The Bertz CT molecular complexity index is 575. The Kier molecular flexibility index (Phi) is 5.10. The third kappa shape index (κ3) is 3.88. The molecule has 1 unspecified atom stereocenters. The van der Waals surface area contributed by atoms with E-state index in [2.05, 4.69) is 35.2 Å². The van der Waals surface area contributed by atoms with Crippen LogP contribution in [0.15, 0.2) is 23.0 Å². The summed E-state index contributed by atoms with van der Waals surface area (Å²) >= 11 is 1.98. The summed E-state index contributed by atoms with van der Waals surface area (Å²) in [5.41, 5.74) is 2.79. The lowest BCUT2D eigenvalue weighted by Gasteiger charge is -2.14. The van der Waals surface area contributed by atoms with Crippen LogP contribution in [0.1, 0.15) is 31.9 Å². The zero-order valence-electron chi connectivity index (χ0n) is 11.5. The van der Waals surface area contributed by atoms with Crippen molar-refractivity contribution in [3.8, 4) is 0 Å². The van der Waals surface area contributed by atoms with Crippen molar-refractivity contribution in [2.75, 3.05) is 18.1 Å². The number of fused-ring (bicyclic) bond motifs is 1. The Morgan fingerprint density at radius 3 is 2.89 bits per heavy atom. The predicted octanol–water partition coefficient (Wildman–Crippen LogP) is 2.65. The van der Waals surface area contributed by atoms with Crippen LogP contribution in [-0.4, -0.2) is 28.0 Å². The van der Waals surface area contributed by atoms with Gasteiger partial charge in [-0.1, -0.05) is 13.0 Å². The maximum Gasteiger partial charge on any atom is 0.323 e. The van der Waals surface area contributed by atoms with Gasteiger partial charge in [0.25, 0.3) is 0 Å². The number of nitrogens with one attached hydrogen (secondary N) is 3. The second-order valence-corrected chi connectivity index (χ2v) is 6.00. The number of benzene rings is 1. The first-order valence-electron chi connectivity index (χ1n) is 6.73. The zero-order valence-corrected chi connectivity index (χ0v) is 12.3. The summed E-state index contributed by atoms with van der Waals surface area (Å²) in [7, 11) is 0. The third-order valence-corrected chi connectivity index (χ3v) is 4.15. The van der Waals surface area contributed by atoms with Crippen molar-refractivity contribution in [3.63, 3.8) is 0 Å². The fourth-order valence-electron chi connectivity index (χ4n) is 2.07. The standard InChI is InChI=1S/C14H21N3OS/c1-3-19-8-4-7-15-10(2)11-5-6-12-13(9-11)17-14(18)16-12/h5-6,9-10,15H,3-4,7-8H2,1-2H3,(H2,16,17,18). The van der Waals surface area contributed by atoms with Gasteiger partial charge in [0, 0.05) is 6.04 Å². The minimum atomic E-state index is -0.149. The highest BCUT2D eigenvalue weighted by Crippen LogP contribution is 2.17. The van der Waals surface area contributed by atoms with Crippen LogP contribution >= 0.6 is 11.8 Å².